The predicted molar refractivity (Wildman–Crippen MR) is 83.3 cm³/mol. The largest absolute Gasteiger partial charge is 0.379 e. The summed E-state index contributed by atoms with van der Waals surface area (Å²) in [7, 11) is 1.78. The lowest BCUT2D eigenvalue weighted by atomic mass is 10.1. The topological polar surface area (TPSA) is 59.8 Å². The number of hydrogen-bond acceptors (Lipinski definition) is 4. The number of rotatable bonds is 3. The van der Waals surface area contributed by atoms with Crippen LogP contribution in [0, 0.1) is 6.92 Å². The number of fused-ring (bicyclic) bond motifs is 1. The summed E-state index contributed by atoms with van der Waals surface area (Å²) < 4.78 is 1.65. The monoisotopic (exact) mass is 280 g/mol. The van der Waals surface area contributed by atoms with Gasteiger partial charge in [0, 0.05) is 30.4 Å². The molecule has 106 valence electrons. The first-order chi connectivity index (χ1) is 10.1. The third kappa shape index (κ3) is 2.63. The molecule has 0 amide bonds. The summed E-state index contributed by atoms with van der Waals surface area (Å²) >= 11 is 0. The molecule has 0 aliphatic carbocycles. The first kappa shape index (κ1) is 13.3. The molecule has 0 bridgehead atoms. The van der Waals surface area contributed by atoms with Crippen LogP contribution < -0.4 is 10.9 Å². The van der Waals surface area contributed by atoms with E-state index in [1.54, 1.807) is 23.9 Å². The Morgan fingerprint density at radius 2 is 2.05 bits per heavy atom. The highest BCUT2D eigenvalue weighted by Crippen LogP contribution is 2.21. The highest BCUT2D eigenvalue weighted by atomic mass is 16.1. The fourth-order valence-electron chi connectivity index (χ4n) is 2.35. The minimum atomic E-state index is -0.0323. The molecule has 3 aromatic rings. The van der Waals surface area contributed by atoms with Crippen LogP contribution in [0.25, 0.3) is 10.9 Å². The van der Waals surface area contributed by atoms with Crippen molar-refractivity contribution in [1.82, 2.24) is 14.5 Å². The molecular weight excluding hydrogens is 264 g/mol. The number of nitrogens with zero attached hydrogens (tertiary/aromatic N) is 3. The van der Waals surface area contributed by atoms with Crippen molar-refractivity contribution in [3.05, 3.63) is 64.5 Å². The third-order valence-electron chi connectivity index (χ3n) is 3.45. The molecule has 5 heteroatoms. The lowest BCUT2D eigenvalue weighted by Crippen LogP contribution is -2.17. The molecule has 0 radical (unpaired) electrons. The average Bonchev–Trinajstić information content (AvgIpc) is 2.50. The van der Waals surface area contributed by atoms with Crippen molar-refractivity contribution < 1.29 is 0 Å². The van der Waals surface area contributed by atoms with Crippen LogP contribution in [0.1, 0.15) is 11.5 Å². The second-order valence-corrected chi connectivity index (χ2v) is 4.92. The van der Waals surface area contributed by atoms with E-state index >= 15 is 0 Å². The number of benzene rings is 1. The molecule has 1 aromatic carbocycles. The summed E-state index contributed by atoms with van der Waals surface area (Å²) in [6.45, 7) is 2.41. The summed E-state index contributed by atoms with van der Waals surface area (Å²) in [5, 5.41) is 4.31. The molecular formula is C16H16N4O. The van der Waals surface area contributed by atoms with E-state index in [0.29, 0.717) is 6.54 Å². The van der Waals surface area contributed by atoms with Crippen molar-refractivity contribution in [2.24, 2.45) is 7.05 Å². The quantitative estimate of drug-likeness (QED) is 0.799. The standard InChI is InChI=1S/C16H16N4O/c1-11-17-8-7-12(19-11)10-18-14-9-16(21)20(2)15-6-4-3-5-13(14)15/h3-9,18H,10H2,1-2H3. The third-order valence-corrected chi connectivity index (χ3v) is 3.45. The summed E-state index contributed by atoms with van der Waals surface area (Å²) in [5.74, 6) is 0.739. The maximum atomic E-state index is 12.0. The van der Waals surface area contributed by atoms with E-state index < -0.39 is 0 Å². The normalized spacial score (nSPS) is 10.8. The lowest BCUT2D eigenvalue weighted by Gasteiger charge is -2.12. The highest BCUT2D eigenvalue weighted by molar-refractivity contribution is 5.91. The zero-order chi connectivity index (χ0) is 14.8. The summed E-state index contributed by atoms with van der Waals surface area (Å²) in [6, 6.07) is 11.3. The summed E-state index contributed by atoms with van der Waals surface area (Å²) in [4.78, 5) is 20.4. The van der Waals surface area contributed by atoms with E-state index in [4.69, 9.17) is 0 Å². The molecule has 1 N–H and O–H groups in total. The predicted octanol–water partition coefficient (Wildman–Crippen LogP) is 2.25. The molecule has 0 aliphatic rings. The maximum absolute atomic E-state index is 12.0. The van der Waals surface area contributed by atoms with Crippen molar-refractivity contribution in [2.75, 3.05) is 5.32 Å². The summed E-state index contributed by atoms with van der Waals surface area (Å²) in [5.41, 5.74) is 2.60. The van der Waals surface area contributed by atoms with Crippen LogP contribution in [0.15, 0.2) is 47.4 Å². The number of aromatic nitrogens is 3. The Balaban J connectivity index is 1.98. The Kier molecular flexibility index (Phi) is 3.39. The Bertz CT molecular complexity index is 854. The Hall–Kier alpha value is -2.69. The van der Waals surface area contributed by atoms with Gasteiger partial charge in [-0.15, -0.1) is 0 Å². The average molecular weight is 280 g/mol. The Morgan fingerprint density at radius 3 is 2.86 bits per heavy atom. The number of nitrogens with one attached hydrogen (secondary N) is 1. The lowest BCUT2D eigenvalue weighted by molar-refractivity contribution is 0.903. The zero-order valence-corrected chi connectivity index (χ0v) is 12.0. The number of hydrogen-bond donors (Lipinski definition) is 1. The molecule has 3 rings (SSSR count). The van der Waals surface area contributed by atoms with Gasteiger partial charge in [0.2, 0.25) is 0 Å². The van der Waals surface area contributed by atoms with Crippen LogP contribution >= 0.6 is 0 Å². The van der Waals surface area contributed by atoms with Crippen LogP contribution in [-0.4, -0.2) is 14.5 Å². The minimum Gasteiger partial charge on any atom is -0.379 e. The van der Waals surface area contributed by atoms with Gasteiger partial charge in [0.15, 0.2) is 0 Å². The minimum absolute atomic E-state index is 0.0323. The SMILES string of the molecule is Cc1nccc(CNc2cc(=O)n(C)c3ccccc23)n1. The van der Waals surface area contributed by atoms with Gasteiger partial charge in [0.1, 0.15) is 5.82 Å². The van der Waals surface area contributed by atoms with E-state index in [2.05, 4.69) is 15.3 Å². The van der Waals surface area contributed by atoms with Crippen LogP contribution in [0.3, 0.4) is 0 Å². The van der Waals surface area contributed by atoms with Gasteiger partial charge < -0.3 is 9.88 Å². The van der Waals surface area contributed by atoms with Crippen LogP contribution in [0.5, 0.6) is 0 Å². The first-order valence-electron chi connectivity index (χ1n) is 6.76. The Labute approximate surface area is 122 Å². The number of aryl methyl sites for hydroxylation is 2. The highest BCUT2D eigenvalue weighted by Gasteiger charge is 2.06. The van der Waals surface area contributed by atoms with E-state index in [-0.39, 0.29) is 5.56 Å². The molecule has 21 heavy (non-hydrogen) atoms. The number of anilines is 1. The Morgan fingerprint density at radius 1 is 1.24 bits per heavy atom. The molecule has 2 heterocycles. The van der Waals surface area contributed by atoms with Crippen molar-refractivity contribution in [2.45, 2.75) is 13.5 Å². The number of pyridine rings is 1. The van der Waals surface area contributed by atoms with E-state index in [1.165, 1.54) is 0 Å². The van der Waals surface area contributed by atoms with Crippen LogP contribution in [0.2, 0.25) is 0 Å². The van der Waals surface area contributed by atoms with Crippen LogP contribution in [-0.2, 0) is 13.6 Å². The molecule has 2 aromatic heterocycles. The molecule has 5 nitrogen and oxygen atoms in total. The smallest absolute Gasteiger partial charge is 0.252 e. The first-order valence-corrected chi connectivity index (χ1v) is 6.76. The van der Waals surface area contributed by atoms with Crippen molar-refractivity contribution >= 4 is 16.6 Å². The molecule has 0 unspecified atom stereocenters. The number of para-hydroxylation sites is 1. The van der Waals surface area contributed by atoms with Gasteiger partial charge in [0.25, 0.3) is 5.56 Å². The van der Waals surface area contributed by atoms with Crippen molar-refractivity contribution in [3.63, 3.8) is 0 Å². The van der Waals surface area contributed by atoms with E-state index in [9.17, 15) is 4.79 Å². The van der Waals surface area contributed by atoms with Gasteiger partial charge in [-0.25, -0.2) is 9.97 Å². The van der Waals surface area contributed by atoms with Gasteiger partial charge >= 0.3 is 0 Å². The fourth-order valence-corrected chi connectivity index (χ4v) is 2.35. The summed E-state index contributed by atoms with van der Waals surface area (Å²) in [6.07, 6.45) is 1.74. The van der Waals surface area contributed by atoms with Gasteiger partial charge in [-0.05, 0) is 19.1 Å². The zero-order valence-electron chi connectivity index (χ0n) is 12.0. The van der Waals surface area contributed by atoms with Gasteiger partial charge in [-0.1, -0.05) is 18.2 Å². The second kappa shape index (κ2) is 5.36. The molecule has 0 fully saturated rings. The molecule has 0 spiro atoms. The second-order valence-electron chi connectivity index (χ2n) is 4.92. The van der Waals surface area contributed by atoms with E-state index in [0.717, 1.165) is 28.1 Å². The van der Waals surface area contributed by atoms with Gasteiger partial charge in [0.05, 0.1) is 17.8 Å². The van der Waals surface area contributed by atoms with Crippen molar-refractivity contribution in [1.29, 1.82) is 0 Å². The van der Waals surface area contributed by atoms with E-state index in [1.807, 2.05) is 37.3 Å². The fraction of sp³-hybridized carbons (Fsp3) is 0.188. The molecule has 0 aliphatic heterocycles. The van der Waals surface area contributed by atoms with Gasteiger partial charge in [-0.3, -0.25) is 4.79 Å². The maximum Gasteiger partial charge on any atom is 0.252 e. The molecule has 0 saturated heterocycles. The molecule has 0 saturated carbocycles. The van der Waals surface area contributed by atoms with Crippen molar-refractivity contribution in [3.8, 4) is 0 Å². The molecule has 0 atom stereocenters. The van der Waals surface area contributed by atoms with Gasteiger partial charge in [-0.2, -0.15) is 0 Å². The van der Waals surface area contributed by atoms with Crippen LogP contribution in [0.4, 0.5) is 5.69 Å².